The Hall–Kier alpha value is -2.77. The molecule has 0 aliphatic carbocycles. The zero-order valence-electron chi connectivity index (χ0n) is 18.4. The third kappa shape index (κ3) is 5.34. The number of halogens is 1. The Balaban J connectivity index is 1.80. The summed E-state index contributed by atoms with van der Waals surface area (Å²) in [5, 5.41) is 2.52. The molecule has 3 rings (SSSR count). The normalized spacial score (nSPS) is 15.1. The highest BCUT2D eigenvalue weighted by molar-refractivity contribution is 8.18. The van der Waals surface area contributed by atoms with Gasteiger partial charge in [-0.2, -0.15) is 0 Å². The van der Waals surface area contributed by atoms with Gasteiger partial charge in [0.05, 0.1) is 22.2 Å². The summed E-state index contributed by atoms with van der Waals surface area (Å²) in [4.78, 5) is 38.9. The molecule has 0 bridgehead atoms. The van der Waals surface area contributed by atoms with Gasteiger partial charge >= 0.3 is 0 Å². The first-order valence-electron chi connectivity index (χ1n) is 10.3. The fourth-order valence-corrected chi connectivity index (χ4v) is 4.29. The number of imide groups is 1. The van der Waals surface area contributed by atoms with Gasteiger partial charge in [0.25, 0.3) is 11.1 Å². The SMILES string of the molecule is CCOc1cc(C)c(/C=C2/SC(=O)N(CC(=O)Nc3ccccc3Cl)C2=O)cc1C(C)C. The summed E-state index contributed by atoms with van der Waals surface area (Å²) >= 11 is 6.88. The fraction of sp³-hybridized carbons (Fsp3) is 0.292. The van der Waals surface area contributed by atoms with Crippen LogP contribution in [0.2, 0.25) is 5.02 Å². The van der Waals surface area contributed by atoms with E-state index in [-0.39, 0.29) is 17.4 Å². The number of carbonyl (C=O) groups is 3. The zero-order valence-corrected chi connectivity index (χ0v) is 20.0. The number of anilines is 1. The molecule has 1 aliphatic heterocycles. The second-order valence-electron chi connectivity index (χ2n) is 7.63. The summed E-state index contributed by atoms with van der Waals surface area (Å²) in [6.45, 7) is 8.19. The van der Waals surface area contributed by atoms with Crippen LogP contribution in [0, 0.1) is 6.92 Å². The molecule has 3 amide bonds. The Morgan fingerprint density at radius 3 is 2.62 bits per heavy atom. The van der Waals surface area contributed by atoms with Gasteiger partial charge in [-0.3, -0.25) is 19.3 Å². The summed E-state index contributed by atoms with van der Waals surface area (Å²) in [7, 11) is 0. The van der Waals surface area contributed by atoms with Gasteiger partial charge in [0.2, 0.25) is 5.91 Å². The average molecular weight is 473 g/mol. The molecule has 32 heavy (non-hydrogen) atoms. The van der Waals surface area contributed by atoms with E-state index < -0.39 is 17.1 Å². The van der Waals surface area contributed by atoms with Crippen LogP contribution < -0.4 is 10.1 Å². The third-order valence-corrected chi connectivity index (χ3v) is 6.17. The standard InChI is InChI=1S/C24H25ClN2O4S/c1-5-31-20-10-15(4)16(11-17(20)14(2)3)12-21-23(29)27(24(30)32-21)13-22(28)26-19-9-7-6-8-18(19)25/h6-12,14H,5,13H2,1-4H3,(H,26,28)/b21-12+. The molecule has 8 heteroatoms. The maximum absolute atomic E-state index is 12.9. The van der Waals surface area contributed by atoms with E-state index in [4.69, 9.17) is 16.3 Å². The smallest absolute Gasteiger partial charge is 0.294 e. The molecule has 0 aromatic heterocycles. The van der Waals surface area contributed by atoms with Gasteiger partial charge in [0.15, 0.2) is 0 Å². The minimum Gasteiger partial charge on any atom is -0.494 e. The van der Waals surface area contributed by atoms with E-state index in [0.29, 0.717) is 17.3 Å². The lowest BCUT2D eigenvalue weighted by atomic mass is 9.96. The number of para-hydroxylation sites is 1. The summed E-state index contributed by atoms with van der Waals surface area (Å²) in [5.74, 6) is 0.0593. The first-order valence-corrected chi connectivity index (χ1v) is 11.5. The fourth-order valence-electron chi connectivity index (χ4n) is 3.28. The molecule has 2 aromatic rings. The van der Waals surface area contributed by atoms with Crippen LogP contribution in [-0.4, -0.2) is 35.1 Å². The van der Waals surface area contributed by atoms with Crippen LogP contribution in [0.25, 0.3) is 6.08 Å². The summed E-state index contributed by atoms with van der Waals surface area (Å²) in [5.41, 5.74) is 3.22. The van der Waals surface area contributed by atoms with Crippen molar-refractivity contribution >= 4 is 52.2 Å². The van der Waals surface area contributed by atoms with Crippen LogP contribution in [0.4, 0.5) is 10.5 Å². The van der Waals surface area contributed by atoms with Gasteiger partial charge < -0.3 is 10.1 Å². The molecule has 1 aliphatic rings. The van der Waals surface area contributed by atoms with Gasteiger partial charge in [-0.25, -0.2) is 0 Å². The van der Waals surface area contributed by atoms with Crippen LogP contribution in [0.3, 0.4) is 0 Å². The molecular weight excluding hydrogens is 448 g/mol. The molecule has 1 fully saturated rings. The number of amides is 3. The number of aryl methyl sites for hydroxylation is 1. The van der Waals surface area contributed by atoms with Gasteiger partial charge in [-0.05, 0) is 78.6 Å². The molecule has 0 spiro atoms. The molecular formula is C24H25ClN2O4S. The molecule has 0 unspecified atom stereocenters. The number of hydrogen-bond donors (Lipinski definition) is 1. The van der Waals surface area contributed by atoms with Gasteiger partial charge in [-0.15, -0.1) is 0 Å². The summed E-state index contributed by atoms with van der Waals surface area (Å²) < 4.78 is 5.75. The molecule has 0 saturated carbocycles. The van der Waals surface area contributed by atoms with E-state index in [0.717, 1.165) is 39.1 Å². The minimum atomic E-state index is -0.499. The average Bonchev–Trinajstić information content (AvgIpc) is 2.99. The van der Waals surface area contributed by atoms with Crippen molar-refractivity contribution in [2.24, 2.45) is 0 Å². The van der Waals surface area contributed by atoms with Crippen molar-refractivity contribution in [3.05, 3.63) is 63.0 Å². The van der Waals surface area contributed by atoms with Crippen molar-refractivity contribution < 1.29 is 19.1 Å². The lowest BCUT2D eigenvalue weighted by Crippen LogP contribution is -2.36. The van der Waals surface area contributed by atoms with Crippen molar-refractivity contribution in [3.63, 3.8) is 0 Å². The Morgan fingerprint density at radius 2 is 1.97 bits per heavy atom. The van der Waals surface area contributed by atoms with E-state index in [9.17, 15) is 14.4 Å². The number of thioether (sulfide) groups is 1. The lowest BCUT2D eigenvalue weighted by molar-refractivity contribution is -0.127. The van der Waals surface area contributed by atoms with Crippen LogP contribution in [0.15, 0.2) is 41.3 Å². The Labute approximate surface area is 197 Å². The molecule has 6 nitrogen and oxygen atoms in total. The predicted octanol–water partition coefficient (Wildman–Crippen LogP) is 5.85. The highest BCUT2D eigenvalue weighted by Gasteiger charge is 2.36. The van der Waals surface area contributed by atoms with Crippen LogP contribution in [-0.2, 0) is 9.59 Å². The molecule has 0 radical (unpaired) electrons. The van der Waals surface area contributed by atoms with Crippen molar-refractivity contribution in [1.82, 2.24) is 4.90 Å². The Bertz CT molecular complexity index is 1100. The van der Waals surface area contributed by atoms with E-state index in [1.165, 1.54) is 0 Å². The Kier molecular flexibility index (Phi) is 7.64. The second kappa shape index (κ2) is 10.2. The molecule has 2 aromatic carbocycles. The topological polar surface area (TPSA) is 75.7 Å². The maximum Gasteiger partial charge on any atom is 0.294 e. The Morgan fingerprint density at radius 1 is 1.25 bits per heavy atom. The third-order valence-electron chi connectivity index (χ3n) is 4.93. The number of hydrogen-bond acceptors (Lipinski definition) is 5. The number of rotatable bonds is 7. The van der Waals surface area contributed by atoms with Gasteiger partial charge in [0.1, 0.15) is 12.3 Å². The first-order chi connectivity index (χ1) is 15.2. The molecule has 1 N–H and O–H groups in total. The van der Waals surface area contributed by atoms with Gasteiger partial charge in [0, 0.05) is 0 Å². The molecule has 1 heterocycles. The highest BCUT2D eigenvalue weighted by atomic mass is 35.5. The van der Waals surface area contributed by atoms with E-state index in [1.54, 1.807) is 30.3 Å². The van der Waals surface area contributed by atoms with Crippen molar-refractivity contribution in [2.45, 2.75) is 33.6 Å². The maximum atomic E-state index is 12.9. The largest absolute Gasteiger partial charge is 0.494 e. The second-order valence-corrected chi connectivity index (χ2v) is 9.03. The van der Waals surface area contributed by atoms with Crippen molar-refractivity contribution in [3.8, 4) is 5.75 Å². The summed E-state index contributed by atoms with van der Waals surface area (Å²) in [6, 6.07) is 10.7. The molecule has 1 saturated heterocycles. The van der Waals surface area contributed by atoms with Crippen molar-refractivity contribution in [2.75, 3.05) is 18.5 Å². The van der Waals surface area contributed by atoms with Crippen molar-refractivity contribution in [1.29, 1.82) is 0 Å². The van der Waals surface area contributed by atoms with Crippen LogP contribution in [0.5, 0.6) is 5.75 Å². The number of benzene rings is 2. The van der Waals surface area contributed by atoms with E-state index in [1.807, 2.05) is 26.0 Å². The lowest BCUT2D eigenvalue weighted by Gasteiger charge is -2.16. The number of nitrogens with zero attached hydrogens (tertiary/aromatic N) is 1. The zero-order chi connectivity index (χ0) is 23.4. The van der Waals surface area contributed by atoms with Crippen LogP contribution >= 0.6 is 23.4 Å². The quantitative estimate of drug-likeness (QED) is 0.512. The minimum absolute atomic E-state index is 0.230. The highest BCUT2D eigenvalue weighted by Crippen LogP contribution is 2.35. The molecule has 0 atom stereocenters. The monoisotopic (exact) mass is 472 g/mol. The predicted molar refractivity (Wildman–Crippen MR) is 129 cm³/mol. The van der Waals surface area contributed by atoms with E-state index >= 15 is 0 Å². The number of nitrogens with one attached hydrogen (secondary N) is 1. The number of carbonyl (C=O) groups excluding carboxylic acids is 3. The molecule has 168 valence electrons. The van der Waals surface area contributed by atoms with Gasteiger partial charge in [-0.1, -0.05) is 37.6 Å². The summed E-state index contributed by atoms with van der Waals surface area (Å²) in [6.07, 6.45) is 1.70. The van der Waals surface area contributed by atoms with Crippen LogP contribution in [0.1, 0.15) is 43.4 Å². The first kappa shape index (κ1) is 23.9. The number of ether oxygens (including phenoxy) is 1. The van der Waals surface area contributed by atoms with E-state index in [2.05, 4.69) is 19.2 Å².